The van der Waals surface area contributed by atoms with E-state index in [-0.39, 0.29) is 0 Å². The van der Waals surface area contributed by atoms with Gasteiger partial charge in [0, 0.05) is 22.6 Å². The minimum absolute atomic E-state index is 0.700. The molecule has 4 heteroatoms. The summed E-state index contributed by atoms with van der Waals surface area (Å²) in [6, 6.07) is 12.1. The Bertz CT molecular complexity index is 568. The monoisotopic (exact) mass is 276 g/mol. The summed E-state index contributed by atoms with van der Waals surface area (Å²) in [4.78, 5) is 0. The molecule has 0 atom stereocenters. The van der Waals surface area contributed by atoms with E-state index >= 15 is 0 Å². The number of hydrogen-bond donors (Lipinski definition) is 4. The van der Waals surface area contributed by atoms with Crippen LogP contribution in [0.15, 0.2) is 36.4 Å². The third kappa shape index (κ3) is 2.60. The van der Waals surface area contributed by atoms with Gasteiger partial charge in [0.05, 0.1) is 5.69 Å². The molecular weight excluding hydrogens is 260 g/mol. The first-order valence-corrected chi connectivity index (χ1v) is 6.74. The molecule has 18 heavy (non-hydrogen) atoms. The molecule has 0 heterocycles. The maximum Gasteiger partial charge on any atom is 0.0518 e. The lowest BCUT2D eigenvalue weighted by atomic mass is 9.98. The molecule has 0 aliphatic rings. The predicted octanol–water partition coefficient (Wildman–Crippen LogP) is 3.93. The Morgan fingerprint density at radius 3 is 2.56 bits per heavy atom. The molecule has 2 aromatic carbocycles. The van der Waals surface area contributed by atoms with Gasteiger partial charge in [-0.2, -0.15) is 12.6 Å². The zero-order chi connectivity index (χ0) is 13.1. The van der Waals surface area contributed by atoms with Gasteiger partial charge in [0.25, 0.3) is 0 Å². The van der Waals surface area contributed by atoms with E-state index in [9.17, 15) is 0 Å². The van der Waals surface area contributed by atoms with Crippen LogP contribution < -0.4 is 10.5 Å². The third-order valence-electron chi connectivity index (χ3n) is 2.89. The Morgan fingerprint density at radius 2 is 1.89 bits per heavy atom. The van der Waals surface area contributed by atoms with Crippen molar-refractivity contribution >= 4 is 36.8 Å². The topological polar surface area (TPSA) is 38.0 Å². The molecule has 2 rings (SSSR count). The lowest BCUT2D eigenvalue weighted by Crippen LogP contribution is -1.95. The summed E-state index contributed by atoms with van der Waals surface area (Å²) >= 11 is 8.45. The van der Waals surface area contributed by atoms with E-state index in [1.807, 2.05) is 24.3 Å². The quantitative estimate of drug-likeness (QED) is 0.506. The number of rotatable bonds is 3. The minimum atomic E-state index is 0.700. The van der Waals surface area contributed by atoms with E-state index in [0.717, 1.165) is 28.1 Å². The average Bonchev–Trinajstić information content (AvgIpc) is 2.40. The summed E-state index contributed by atoms with van der Waals surface area (Å²) in [5.41, 5.74) is 12.2. The first kappa shape index (κ1) is 13.2. The van der Waals surface area contributed by atoms with Crippen molar-refractivity contribution in [1.82, 2.24) is 0 Å². The summed E-state index contributed by atoms with van der Waals surface area (Å²) < 4.78 is 2.91. The number of benzene rings is 2. The van der Waals surface area contributed by atoms with Gasteiger partial charge in [-0.15, -0.1) is 0 Å². The fourth-order valence-electron chi connectivity index (χ4n) is 1.91. The van der Waals surface area contributed by atoms with Gasteiger partial charge in [-0.3, -0.25) is 0 Å². The van der Waals surface area contributed by atoms with Gasteiger partial charge in [0.1, 0.15) is 0 Å². The van der Waals surface area contributed by atoms with Gasteiger partial charge in [0.15, 0.2) is 0 Å². The van der Waals surface area contributed by atoms with Crippen molar-refractivity contribution in [3.63, 3.8) is 0 Å². The highest BCUT2D eigenvalue weighted by Crippen LogP contribution is 2.34. The average molecular weight is 276 g/mol. The molecule has 94 valence electrons. The number of aryl methyl sites for hydroxylation is 1. The molecule has 0 saturated heterocycles. The first-order chi connectivity index (χ1) is 8.65. The van der Waals surface area contributed by atoms with Crippen molar-refractivity contribution in [2.75, 3.05) is 10.5 Å². The van der Waals surface area contributed by atoms with Crippen LogP contribution in [0.2, 0.25) is 0 Å². The van der Waals surface area contributed by atoms with Crippen LogP contribution in [0.5, 0.6) is 0 Å². The van der Waals surface area contributed by atoms with Crippen LogP contribution in [0.3, 0.4) is 0 Å². The number of nitrogens with one attached hydrogen (secondary N) is 1. The van der Waals surface area contributed by atoms with Gasteiger partial charge in [-0.25, -0.2) is 0 Å². The highest BCUT2D eigenvalue weighted by molar-refractivity contribution is 7.81. The molecular formula is C14H16N2S2. The maximum absolute atomic E-state index is 6.06. The lowest BCUT2D eigenvalue weighted by molar-refractivity contribution is 1.41. The van der Waals surface area contributed by atoms with E-state index in [2.05, 4.69) is 49.2 Å². The number of hydrogen-bond acceptors (Lipinski definition) is 4. The zero-order valence-electron chi connectivity index (χ0n) is 10.1. The SMILES string of the molecule is Cc1ccc(N)c(-c2cc(CS)ccc2NS)c1. The molecule has 2 nitrogen and oxygen atoms in total. The summed E-state index contributed by atoms with van der Waals surface area (Å²) in [6.45, 7) is 2.05. The molecule has 0 amide bonds. The second-order valence-electron chi connectivity index (χ2n) is 4.24. The van der Waals surface area contributed by atoms with E-state index < -0.39 is 0 Å². The second kappa shape index (κ2) is 5.59. The van der Waals surface area contributed by atoms with E-state index in [1.54, 1.807) is 0 Å². The summed E-state index contributed by atoms with van der Waals surface area (Å²) in [5.74, 6) is 0.700. The van der Waals surface area contributed by atoms with Crippen LogP contribution in [0.1, 0.15) is 11.1 Å². The van der Waals surface area contributed by atoms with Crippen LogP contribution >= 0.6 is 25.4 Å². The van der Waals surface area contributed by atoms with Crippen molar-refractivity contribution in [3.05, 3.63) is 47.5 Å². The van der Waals surface area contributed by atoms with Crippen molar-refractivity contribution < 1.29 is 0 Å². The molecule has 2 aromatic rings. The largest absolute Gasteiger partial charge is 0.398 e. The molecule has 0 aliphatic carbocycles. The normalized spacial score (nSPS) is 10.4. The Balaban J connectivity index is 2.64. The fourth-order valence-corrected chi connectivity index (χ4v) is 2.31. The highest BCUT2D eigenvalue weighted by atomic mass is 32.1. The highest BCUT2D eigenvalue weighted by Gasteiger charge is 2.09. The Morgan fingerprint density at radius 1 is 1.11 bits per heavy atom. The van der Waals surface area contributed by atoms with Crippen LogP contribution in [0.25, 0.3) is 11.1 Å². The van der Waals surface area contributed by atoms with Gasteiger partial charge >= 0.3 is 0 Å². The van der Waals surface area contributed by atoms with E-state index in [4.69, 9.17) is 5.73 Å². The Labute approximate surface area is 119 Å². The standard InChI is InChI=1S/C14H16N2S2/c1-9-2-4-13(15)11(6-9)12-7-10(8-17)3-5-14(12)16-18/h2-7,16-18H,8,15H2,1H3. The molecule has 0 radical (unpaired) electrons. The smallest absolute Gasteiger partial charge is 0.0518 e. The minimum Gasteiger partial charge on any atom is -0.398 e. The molecule has 0 aliphatic heterocycles. The lowest BCUT2D eigenvalue weighted by Gasteiger charge is -2.13. The molecule has 0 saturated carbocycles. The van der Waals surface area contributed by atoms with Crippen molar-refractivity contribution in [2.24, 2.45) is 0 Å². The first-order valence-electron chi connectivity index (χ1n) is 5.66. The van der Waals surface area contributed by atoms with Crippen molar-refractivity contribution in [1.29, 1.82) is 0 Å². The van der Waals surface area contributed by atoms with Gasteiger partial charge in [-0.1, -0.05) is 30.5 Å². The molecule has 0 fully saturated rings. The number of thiol groups is 2. The number of nitrogen functional groups attached to an aromatic ring is 1. The van der Waals surface area contributed by atoms with E-state index in [0.29, 0.717) is 5.75 Å². The van der Waals surface area contributed by atoms with Gasteiger partial charge in [0.2, 0.25) is 0 Å². The number of anilines is 2. The molecule has 0 aromatic heterocycles. The Hall–Kier alpha value is -1.26. The van der Waals surface area contributed by atoms with E-state index in [1.165, 1.54) is 5.56 Å². The fraction of sp³-hybridized carbons (Fsp3) is 0.143. The van der Waals surface area contributed by atoms with Crippen LogP contribution in [-0.4, -0.2) is 0 Å². The zero-order valence-corrected chi connectivity index (χ0v) is 11.9. The summed E-state index contributed by atoms with van der Waals surface area (Å²) in [6.07, 6.45) is 0. The third-order valence-corrected chi connectivity index (χ3v) is 3.49. The molecule has 0 bridgehead atoms. The predicted molar refractivity (Wildman–Crippen MR) is 86.3 cm³/mol. The maximum atomic E-state index is 6.06. The van der Waals surface area contributed by atoms with Crippen LogP contribution in [-0.2, 0) is 5.75 Å². The van der Waals surface area contributed by atoms with Gasteiger partial charge < -0.3 is 10.5 Å². The Kier molecular flexibility index (Phi) is 4.09. The summed E-state index contributed by atoms with van der Waals surface area (Å²) in [5, 5.41) is 0. The van der Waals surface area contributed by atoms with Crippen molar-refractivity contribution in [3.8, 4) is 11.1 Å². The van der Waals surface area contributed by atoms with Crippen LogP contribution in [0.4, 0.5) is 11.4 Å². The molecule has 0 unspecified atom stereocenters. The summed E-state index contributed by atoms with van der Waals surface area (Å²) in [7, 11) is 0. The van der Waals surface area contributed by atoms with Crippen molar-refractivity contribution in [2.45, 2.75) is 12.7 Å². The van der Waals surface area contributed by atoms with Gasteiger partial charge in [-0.05, 0) is 36.8 Å². The molecule has 3 N–H and O–H groups in total. The number of nitrogens with two attached hydrogens (primary N) is 1. The molecule has 0 spiro atoms. The second-order valence-corrected chi connectivity index (χ2v) is 4.78. The van der Waals surface area contributed by atoms with Crippen LogP contribution in [0, 0.1) is 6.92 Å².